The van der Waals surface area contributed by atoms with Gasteiger partial charge in [0.2, 0.25) is 0 Å². The molecule has 1 N–H and O–H groups in total. The summed E-state index contributed by atoms with van der Waals surface area (Å²) in [6, 6.07) is 2.73. The molecule has 15 heavy (non-hydrogen) atoms. The lowest BCUT2D eigenvalue weighted by Gasteiger charge is -2.26. The fourth-order valence-corrected chi connectivity index (χ4v) is 1.71. The van der Waals surface area contributed by atoms with Crippen molar-refractivity contribution in [1.82, 2.24) is 15.1 Å². The average Bonchev–Trinajstić information content (AvgIpc) is 2.58. The SMILES string of the molecule is CCc1cc(CNC2COC2)n(CC)n1. The van der Waals surface area contributed by atoms with Gasteiger partial charge in [0.05, 0.1) is 30.6 Å². The zero-order chi connectivity index (χ0) is 10.7. The molecule has 4 heteroatoms. The Morgan fingerprint density at radius 1 is 1.53 bits per heavy atom. The second-order valence-electron chi connectivity index (χ2n) is 3.91. The molecule has 1 saturated heterocycles. The Kier molecular flexibility index (Phi) is 3.38. The first-order chi connectivity index (χ1) is 7.33. The first-order valence-corrected chi connectivity index (χ1v) is 5.70. The molecular weight excluding hydrogens is 190 g/mol. The number of aromatic nitrogens is 2. The molecule has 0 aliphatic carbocycles. The molecule has 0 aromatic carbocycles. The molecule has 0 amide bonds. The predicted octanol–water partition coefficient (Wildman–Crippen LogP) is 0.954. The lowest BCUT2D eigenvalue weighted by Crippen LogP contribution is -2.45. The van der Waals surface area contributed by atoms with E-state index in [0.717, 1.165) is 32.7 Å². The van der Waals surface area contributed by atoms with Gasteiger partial charge in [-0.15, -0.1) is 0 Å². The number of rotatable bonds is 5. The van der Waals surface area contributed by atoms with E-state index >= 15 is 0 Å². The number of hydrogen-bond donors (Lipinski definition) is 1. The van der Waals surface area contributed by atoms with Crippen LogP contribution in [0.25, 0.3) is 0 Å². The molecule has 0 unspecified atom stereocenters. The summed E-state index contributed by atoms with van der Waals surface area (Å²) < 4.78 is 7.20. The molecule has 1 aliphatic heterocycles. The molecule has 4 nitrogen and oxygen atoms in total. The van der Waals surface area contributed by atoms with E-state index in [-0.39, 0.29) is 0 Å². The average molecular weight is 209 g/mol. The summed E-state index contributed by atoms with van der Waals surface area (Å²) in [5, 5.41) is 7.98. The minimum atomic E-state index is 0.537. The summed E-state index contributed by atoms with van der Waals surface area (Å²) in [5.41, 5.74) is 2.46. The van der Waals surface area contributed by atoms with Gasteiger partial charge in [-0.25, -0.2) is 0 Å². The van der Waals surface area contributed by atoms with Gasteiger partial charge in [-0.3, -0.25) is 4.68 Å². The van der Waals surface area contributed by atoms with E-state index in [0.29, 0.717) is 6.04 Å². The van der Waals surface area contributed by atoms with E-state index in [1.54, 1.807) is 0 Å². The summed E-state index contributed by atoms with van der Waals surface area (Å²) in [7, 11) is 0. The van der Waals surface area contributed by atoms with Gasteiger partial charge < -0.3 is 10.1 Å². The van der Waals surface area contributed by atoms with Crippen LogP contribution in [0.3, 0.4) is 0 Å². The van der Waals surface area contributed by atoms with Crippen molar-refractivity contribution in [3.63, 3.8) is 0 Å². The standard InChI is InChI=1S/C11H19N3O/c1-3-9-5-11(14(4-2)13-9)6-12-10-7-15-8-10/h5,10,12H,3-4,6-8H2,1-2H3. The van der Waals surface area contributed by atoms with Gasteiger partial charge in [0.25, 0.3) is 0 Å². The number of nitrogens with zero attached hydrogens (tertiary/aromatic N) is 2. The van der Waals surface area contributed by atoms with Crippen molar-refractivity contribution in [2.45, 2.75) is 39.4 Å². The van der Waals surface area contributed by atoms with Crippen molar-refractivity contribution in [1.29, 1.82) is 0 Å². The highest BCUT2D eigenvalue weighted by Gasteiger charge is 2.17. The molecule has 1 fully saturated rings. The van der Waals surface area contributed by atoms with Crippen LogP contribution in [0.2, 0.25) is 0 Å². The Balaban J connectivity index is 1.95. The van der Waals surface area contributed by atoms with Crippen LogP contribution in [0.5, 0.6) is 0 Å². The van der Waals surface area contributed by atoms with Gasteiger partial charge in [0.15, 0.2) is 0 Å². The number of aryl methyl sites for hydroxylation is 2. The molecule has 0 saturated carbocycles. The quantitative estimate of drug-likeness (QED) is 0.785. The number of nitrogens with one attached hydrogen (secondary N) is 1. The van der Waals surface area contributed by atoms with E-state index in [4.69, 9.17) is 4.74 Å². The largest absolute Gasteiger partial charge is 0.378 e. The van der Waals surface area contributed by atoms with Gasteiger partial charge in [-0.2, -0.15) is 5.10 Å². The first-order valence-electron chi connectivity index (χ1n) is 5.70. The van der Waals surface area contributed by atoms with E-state index in [2.05, 4.69) is 35.0 Å². The Morgan fingerprint density at radius 2 is 2.33 bits per heavy atom. The summed E-state index contributed by atoms with van der Waals surface area (Å²) >= 11 is 0. The highest BCUT2D eigenvalue weighted by molar-refractivity contribution is 5.10. The second-order valence-corrected chi connectivity index (χ2v) is 3.91. The third kappa shape index (κ3) is 2.38. The number of ether oxygens (including phenoxy) is 1. The third-order valence-electron chi connectivity index (χ3n) is 2.79. The fraction of sp³-hybridized carbons (Fsp3) is 0.727. The van der Waals surface area contributed by atoms with Crippen molar-refractivity contribution < 1.29 is 4.74 Å². The molecule has 0 spiro atoms. The van der Waals surface area contributed by atoms with E-state index in [1.165, 1.54) is 11.4 Å². The first kappa shape index (κ1) is 10.6. The predicted molar refractivity (Wildman–Crippen MR) is 58.7 cm³/mol. The molecule has 0 atom stereocenters. The van der Waals surface area contributed by atoms with Gasteiger partial charge in [-0.1, -0.05) is 6.92 Å². The van der Waals surface area contributed by atoms with Crippen LogP contribution in [0.4, 0.5) is 0 Å². The van der Waals surface area contributed by atoms with Gasteiger partial charge in [-0.05, 0) is 19.4 Å². The van der Waals surface area contributed by atoms with Crippen LogP contribution in [-0.4, -0.2) is 29.0 Å². The molecular formula is C11H19N3O. The molecule has 0 bridgehead atoms. The van der Waals surface area contributed by atoms with Gasteiger partial charge in [0, 0.05) is 13.1 Å². The molecule has 0 radical (unpaired) electrons. The minimum Gasteiger partial charge on any atom is -0.378 e. The monoisotopic (exact) mass is 209 g/mol. The lowest BCUT2D eigenvalue weighted by atomic mass is 10.2. The maximum Gasteiger partial charge on any atom is 0.0643 e. The van der Waals surface area contributed by atoms with Crippen LogP contribution in [0.15, 0.2) is 6.07 Å². The fourth-order valence-electron chi connectivity index (χ4n) is 1.71. The van der Waals surface area contributed by atoms with Crippen LogP contribution >= 0.6 is 0 Å². The Bertz CT molecular complexity index is 318. The Hall–Kier alpha value is -0.870. The van der Waals surface area contributed by atoms with Crippen LogP contribution < -0.4 is 5.32 Å². The molecule has 84 valence electrons. The lowest BCUT2D eigenvalue weighted by molar-refractivity contribution is -0.00604. The normalized spacial score (nSPS) is 16.7. The molecule has 2 rings (SSSR count). The van der Waals surface area contributed by atoms with Gasteiger partial charge in [0.1, 0.15) is 0 Å². The second kappa shape index (κ2) is 4.77. The molecule has 2 heterocycles. The molecule has 1 aromatic rings. The smallest absolute Gasteiger partial charge is 0.0643 e. The summed E-state index contributed by atoms with van der Waals surface area (Å²) in [6.07, 6.45) is 1.01. The van der Waals surface area contributed by atoms with E-state index in [1.807, 2.05) is 0 Å². The zero-order valence-electron chi connectivity index (χ0n) is 9.49. The number of hydrogen-bond acceptors (Lipinski definition) is 3. The highest BCUT2D eigenvalue weighted by Crippen LogP contribution is 2.07. The van der Waals surface area contributed by atoms with E-state index < -0.39 is 0 Å². The third-order valence-corrected chi connectivity index (χ3v) is 2.79. The van der Waals surface area contributed by atoms with Crippen molar-refractivity contribution in [2.75, 3.05) is 13.2 Å². The Labute approximate surface area is 90.6 Å². The highest BCUT2D eigenvalue weighted by atomic mass is 16.5. The van der Waals surface area contributed by atoms with Gasteiger partial charge >= 0.3 is 0 Å². The Morgan fingerprint density at radius 3 is 2.87 bits per heavy atom. The van der Waals surface area contributed by atoms with Crippen molar-refractivity contribution in [2.24, 2.45) is 0 Å². The topological polar surface area (TPSA) is 39.1 Å². The maximum atomic E-state index is 5.12. The van der Waals surface area contributed by atoms with Crippen LogP contribution in [-0.2, 0) is 24.2 Å². The van der Waals surface area contributed by atoms with Crippen molar-refractivity contribution in [3.05, 3.63) is 17.5 Å². The zero-order valence-corrected chi connectivity index (χ0v) is 9.49. The minimum absolute atomic E-state index is 0.537. The summed E-state index contributed by atoms with van der Waals surface area (Å²) in [6.45, 7) is 7.80. The molecule has 1 aromatic heterocycles. The van der Waals surface area contributed by atoms with E-state index in [9.17, 15) is 0 Å². The van der Waals surface area contributed by atoms with Crippen LogP contribution in [0, 0.1) is 0 Å². The summed E-state index contributed by atoms with van der Waals surface area (Å²) in [5.74, 6) is 0. The summed E-state index contributed by atoms with van der Waals surface area (Å²) in [4.78, 5) is 0. The van der Waals surface area contributed by atoms with Crippen LogP contribution in [0.1, 0.15) is 25.2 Å². The van der Waals surface area contributed by atoms with Crippen molar-refractivity contribution >= 4 is 0 Å². The maximum absolute atomic E-state index is 5.12. The van der Waals surface area contributed by atoms with Crippen molar-refractivity contribution in [3.8, 4) is 0 Å². The molecule has 1 aliphatic rings.